The van der Waals surface area contributed by atoms with E-state index in [1.54, 1.807) is 23.3 Å². The van der Waals surface area contributed by atoms with Crippen LogP contribution in [0.5, 0.6) is 0 Å². The lowest BCUT2D eigenvalue weighted by atomic mass is 10.1. The lowest BCUT2D eigenvalue weighted by Crippen LogP contribution is -2.09. The lowest BCUT2D eigenvalue weighted by molar-refractivity contribution is 0.616. The van der Waals surface area contributed by atoms with E-state index in [1.165, 1.54) is 32.1 Å². The van der Waals surface area contributed by atoms with E-state index < -0.39 is 0 Å². The van der Waals surface area contributed by atoms with Crippen LogP contribution >= 0.6 is 11.6 Å². The molecule has 114 valence electrons. The second-order valence-electron chi connectivity index (χ2n) is 4.89. The van der Waals surface area contributed by atoms with Crippen LogP contribution in [0.3, 0.4) is 0 Å². The molecule has 0 spiro atoms. The largest absolute Gasteiger partial charge is 0.354 e. The molecule has 2 heterocycles. The van der Waals surface area contributed by atoms with Crippen molar-refractivity contribution in [3.05, 3.63) is 24.0 Å². The summed E-state index contributed by atoms with van der Waals surface area (Å²) < 4.78 is 1.70. The first kappa shape index (κ1) is 15.7. The Kier molecular flexibility index (Phi) is 6.40. The van der Waals surface area contributed by atoms with Gasteiger partial charge in [0.05, 0.1) is 0 Å². The fourth-order valence-electron chi connectivity index (χ4n) is 2.02. The van der Waals surface area contributed by atoms with Crippen LogP contribution in [0.25, 0.3) is 5.95 Å². The molecule has 7 heteroatoms. The number of aromatic nitrogens is 5. The van der Waals surface area contributed by atoms with Gasteiger partial charge < -0.3 is 5.32 Å². The van der Waals surface area contributed by atoms with E-state index in [2.05, 4.69) is 32.2 Å². The van der Waals surface area contributed by atoms with Gasteiger partial charge >= 0.3 is 0 Å². The zero-order valence-corrected chi connectivity index (χ0v) is 13.1. The van der Waals surface area contributed by atoms with Gasteiger partial charge in [0.2, 0.25) is 17.2 Å². The third-order valence-electron chi connectivity index (χ3n) is 3.15. The van der Waals surface area contributed by atoms with Crippen molar-refractivity contribution in [1.29, 1.82) is 0 Å². The van der Waals surface area contributed by atoms with Gasteiger partial charge in [0.1, 0.15) is 6.33 Å². The number of hydrogen-bond acceptors (Lipinski definition) is 5. The van der Waals surface area contributed by atoms with Crippen LogP contribution in [0.4, 0.5) is 5.95 Å². The van der Waals surface area contributed by atoms with Crippen molar-refractivity contribution in [2.45, 2.75) is 45.4 Å². The molecule has 1 N–H and O–H groups in total. The number of nitrogens with zero attached hydrogens (tertiary/aromatic N) is 5. The first-order valence-electron chi connectivity index (χ1n) is 7.43. The topological polar surface area (TPSA) is 68.5 Å². The molecule has 2 aromatic rings. The van der Waals surface area contributed by atoms with Gasteiger partial charge in [0.25, 0.3) is 0 Å². The molecule has 0 aliphatic heterocycles. The molecular formula is C14H21ClN6. The van der Waals surface area contributed by atoms with Gasteiger partial charge in [0.15, 0.2) is 0 Å². The van der Waals surface area contributed by atoms with Crippen LogP contribution in [0.1, 0.15) is 45.4 Å². The zero-order valence-electron chi connectivity index (χ0n) is 12.3. The number of halogens is 1. The summed E-state index contributed by atoms with van der Waals surface area (Å²) in [4.78, 5) is 16.5. The summed E-state index contributed by atoms with van der Waals surface area (Å²) in [6, 6.07) is 0. The number of hydrogen-bond donors (Lipinski definition) is 1. The van der Waals surface area contributed by atoms with Crippen molar-refractivity contribution < 1.29 is 0 Å². The van der Waals surface area contributed by atoms with Gasteiger partial charge in [-0.25, -0.2) is 4.98 Å². The second kappa shape index (κ2) is 8.56. The van der Waals surface area contributed by atoms with E-state index in [1.807, 2.05) is 0 Å². The normalized spacial score (nSPS) is 10.8. The molecule has 0 radical (unpaired) electrons. The van der Waals surface area contributed by atoms with Crippen LogP contribution in [-0.2, 0) is 0 Å². The van der Waals surface area contributed by atoms with Crippen molar-refractivity contribution in [2.24, 2.45) is 0 Å². The van der Waals surface area contributed by atoms with Crippen molar-refractivity contribution in [3.63, 3.8) is 0 Å². The summed E-state index contributed by atoms with van der Waals surface area (Å²) in [7, 11) is 0. The van der Waals surface area contributed by atoms with Crippen LogP contribution in [0, 0.1) is 0 Å². The maximum Gasteiger partial charge on any atom is 0.241 e. The summed E-state index contributed by atoms with van der Waals surface area (Å²) in [6.45, 7) is 3.07. The molecule has 0 amide bonds. The van der Waals surface area contributed by atoms with Crippen LogP contribution in [-0.4, -0.2) is 31.0 Å². The first-order chi connectivity index (χ1) is 10.3. The van der Waals surface area contributed by atoms with Gasteiger partial charge in [-0.2, -0.15) is 15.0 Å². The Balaban J connectivity index is 1.81. The molecule has 21 heavy (non-hydrogen) atoms. The second-order valence-corrected chi connectivity index (χ2v) is 5.23. The molecule has 0 bridgehead atoms. The maximum atomic E-state index is 5.93. The van der Waals surface area contributed by atoms with Crippen LogP contribution < -0.4 is 5.32 Å². The van der Waals surface area contributed by atoms with Crippen LogP contribution in [0.15, 0.2) is 18.7 Å². The highest BCUT2D eigenvalue weighted by atomic mass is 35.5. The Morgan fingerprint density at radius 1 is 1.10 bits per heavy atom. The molecular weight excluding hydrogens is 288 g/mol. The van der Waals surface area contributed by atoms with Crippen molar-refractivity contribution in [3.8, 4) is 5.95 Å². The fourth-order valence-corrected chi connectivity index (χ4v) is 2.17. The van der Waals surface area contributed by atoms with Gasteiger partial charge in [-0.05, 0) is 18.0 Å². The average molecular weight is 309 g/mol. The molecule has 0 atom stereocenters. The van der Waals surface area contributed by atoms with Gasteiger partial charge in [-0.3, -0.25) is 4.57 Å². The summed E-state index contributed by atoms with van der Waals surface area (Å²) in [5.41, 5.74) is 0. The summed E-state index contributed by atoms with van der Waals surface area (Å²) >= 11 is 5.93. The molecule has 0 saturated heterocycles. The number of imidazole rings is 1. The Labute approximate surface area is 130 Å². The van der Waals surface area contributed by atoms with Crippen molar-refractivity contribution in [1.82, 2.24) is 24.5 Å². The summed E-state index contributed by atoms with van der Waals surface area (Å²) in [5, 5.41) is 3.38. The van der Waals surface area contributed by atoms with Crippen molar-refractivity contribution in [2.75, 3.05) is 11.9 Å². The maximum absolute atomic E-state index is 5.93. The van der Waals surface area contributed by atoms with E-state index in [4.69, 9.17) is 11.6 Å². The fraction of sp³-hybridized carbons (Fsp3) is 0.571. The lowest BCUT2D eigenvalue weighted by Gasteiger charge is -2.07. The Morgan fingerprint density at radius 3 is 2.67 bits per heavy atom. The molecule has 0 aliphatic carbocycles. The SMILES string of the molecule is CCCCCCCCNc1nc(Cl)nc(-n2ccnc2)n1. The van der Waals surface area contributed by atoms with E-state index in [0.29, 0.717) is 11.9 Å². The minimum atomic E-state index is 0.180. The highest BCUT2D eigenvalue weighted by Gasteiger charge is 2.06. The van der Waals surface area contributed by atoms with Crippen molar-refractivity contribution >= 4 is 17.5 Å². The molecule has 0 saturated carbocycles. The number of unbranched alkanes of at least 4 members (excludes halogenated alkanes) is 5. The van der Waals surface area contributed by atoms with E-state index in [9.17, 15) is 0 Å². The highest BCUT2D eigenvalue weighted by molar-refractivity contribution is 6.28. The number of rotatable bonds is 9. The predicted molar refractivity (Wildman–Crippen MR) is 83.8 cm³/mol. The summed E-state index contributed by atoms with van der Waals surface area (Å²) in [6.07, 6.45) is 12.6. The van der Waals surface area contributed by atoms with Crippen LogP contribution in [0.2, 0.25) is 5.28 Å². The molecule has 2 rings (SSSR count). The molecule has 6 nitrogen and oxygen atoms in total. The minimum Gasteiger partial charge on any atom is -0.354 e. The number of anilines is 1. The van der Waals surface area contributed by atoms with Gasteiger partial charge in [-0.15, -0.1) is 0 Å². The van der Waals surface area contributed by atoms with E-state index >= 15 is 0 Å². The smallest absolute Gasteiger partial charge is 0.241 e. The average Bonchev–Trinajstić information content (AvgIpc) is 3.00. The molecule has 0 fully saturated rings. The Bertz CT molecular complexity index is 528. The number of nitrogens with one attached hydrogen (secondary N) is 1. The predicted octanol–water partition coefficient (Wildman–Crippen LogP) is 3.48. The molecule has 0 unspecified atom stereocenters. The Morgan fingerprint density at radius 2 is 1.90 bits per heavy atom. The third kappa shape index (κ3) is 5.30. The molecule has 0 aromatic carbocycles. The monoisotopic (exact) mass is 308 g/mol. The molecule has 2 aromatic heterocycles. The van der Waals surface area contributed by atoms with Gasteiger partial charge in [-0.1, -0.05) is 39.0 Å². The summed E-state index contributed by atoms with van der Waals surface area (Å²) in [5.74, 6) is 0.977. The van der Waals surface area contributed by atoms with E-state index in [0.717, 1.165) is 13.0 Å². The minimum absolute atomic E-state index is 0.180. The van der Waals surface area contributed by atoms with Gasteiger partial charge in [0, 0.05) is 18.9 Å². The zero-order chi connectivity index (χ0) is 14.9. The Hall–Kier alpha value is -1.69. The highest BCUT2D eigenvalue weighted by Crippen LogP contribution is 2.10. The first-order valence-corrected chi connectivity index (χ1v) is 7.81. The standard InChI is InChI=1S/C14H21ClN6/c1-2-3-4-5-6-7-8-17-13-18-12(15)19-14(20-13)21-10-9-16-11-21/h9-11H,2-8H2,1H3,(H,17,18,19,20). The molecule has 0 aliphatic rings. The van der Waals surface area contributed by atoms with E-state index in [-0.39, 0.29) is 5.28 Å². The quantitative estimate of drug-likeness (QED) is 0.718. The third-order valence-corrected chi connectivity index (χ3v) is 3.31.